The van der Waals surface area contributed by atoms with Gasteiger partial charge in [0.2, 0.25) is 5.91 Å². The van der Waals surface area contributed by atoms with Crippen LogP contribution < -0.4 is 10.1 Å². The molecule has 1 amide bonds. The second kappa shape index (κ2) is 6.73. The average molecular weight is 330 g/mol. The summed E-state index contributed by atoms with van der Waals surface area (Å²) in [5, 5.41) is 3.24. The van der Waals surface area contributed by atoms with Crippen LogP contribution in [0.2, 0.25) is 0 Å². The number of benzene rings is 1. The summed E-state index contributed by atoms with van der Waals surface area (Å²) in [4.78, 5) is 15.3. The summed E-state index contributed by atoms with van der Waals surface area (Å²) in [6, 6.07) is 7.86. The molecule has 24 heavy (non-hydrogen) atoms. The summed E-state index contributed by atoms with van der Waals surface area (Å²) in [5.41, 5.74) is 1.14. The molecule has 2 fully saturated rings. The first-order valence-electron chi connectivity index (χ1n) is 9.11. The van der Waals surface area contributed by atoms with Crippen molar-refractivity contribution < 1.29 is 14.3 Å². The lowest BCUT2D eigenvalue weighted by Crippen LogP contribution is -2.57. The van der Waals surface area contributed by atoms with Gasteiger partial charge in [0, 0.05) is 30.7 Å². The third-order valence-electron chi connectivity index (χ3n) is 5.82. The maximum atomic E-state index is 12.8. The van der Waals surface area contributed by atoms with E-state index in [1.54, 1.807) is 0 Å². The Morgan fingerprint density at radius 2 is 1.96 bits per heavy atom. The third-order valence-corrected chi connectivity index (χ3v) is 5.82. The number of rotatable bonds is 4. The van der Waals surface area contributed by atoms with Gasteiger partial charge in [-0.25, -0.2) is 0 Å². The molecule has 0 spiro atoms. The Hall–Kier alpha value is -1.59. The van der Waals surface area contributed by atoms with Crippen LogP contribution in [0.3, 0.4) is 0 Å². The van der Waals surface area contributed by atoms with Crippen molar-refractivity contribution >= 4 is 5.91 Å². The molecule has 0 radical (unpaired) electrons. The Balaban J connectivity index is 1.42. The number of morpholine rings is 1. The quantitative estimate of drug-likeness (QED) is 0.916. The summed E-state index contributed by atoms with van der Waals surface area (Å²) in [6.45, 7) is 4.76. The van der Waals surface area contributed by atoms with Crippen molar-refractivity contribution in [2.45, 2.75) is 37.1 Å². The molecule has 0 unspecified atom stereocenters. The van der Waals surface area contributed by atoms with Crippen LogP contribution in [0.15, 0.2) is 24.3 Å². The van der Waals surface area contributed by atoms with Gasteiger partial charge in [-0.1, -0.05) is 31.0 Å². The molecule has 5 nitrogen and oxygen atoms in total. The molecule has 1 saturated heterocycles. The summed E-state index contributed by atoms with van der Waals surface area (Å²) in [6.07, 6.45) is 4.85. The highest BCUT2D eigenvalue weighted by Gasteiger charge is 2.41. The first kappa shape index (κ1) is 15.9. The molecule has 1 aliphatic carbocycles. The summed E-state index contributed by atoms with van der Waals surface area (Å²) in [5.74, 6) is 0.769. The smallest absolute Gasteiger partial charge is 0.231 e. The second-order valence-electron chi connectivity index (χ2n) is 7.15. The van der Waals surface area contributed by atoms with Crippen LogP contribution >= 0.6 is 0 Å². The first-order chi connectivity index (χ1) is 11.8. The predicted molar refractivity (Wildman–Crippen MR) is 91.3 cm³/mol. The fraction of sp³-hybridized carbons (Fsp3) is 0.632. The Labute approximate surface area is 143 Å². The van der Waals surface area contributed by atoms with Crippen LogP contribution in [-0.2, 0) is 9.53 Å². The van der Waals surface area contributed by atoms with Crippen molar-refractivity contribution in [3.05, 3.63) is 29.8 Å². The van der Waals surface area contributed by atoms with Gasteiger partial charge < -0.3 is 14.8 Å². The van der Waals surface area contributed by atoms with Crippen LogP contribution in [0.5, 0.6) is 5.75 Å². The largest absolute Gasteiger partial charge is 0.492 e. The molecule has 4 rings (SSSR count). The van der Waals surface area contributed by atoms with E-state index in [-0.39, 0.29) is 17.4 Å². The van der Waals surface area contributed by atoms with Gasteiger partial charge in [0.1, 0.15) is 18.3 Å². The molecular formula is C19H26N2O3. The predicted octanol–water partition coefficient (Wildman–Crippen LogP) is 1.92. The van der Waals surface area contributed by atoms with Gasteiger partial charge in [-0.15, -0.1) is 0 Å². The number of amides is 1. The number of hydrogen-bond donors (Lipinski definition) is 1. The number of fused-ring (bicyclic) bond motifs is 1. The molecule has 1 aromatic rings. The average Bonchev–Trinajstić information content (AvgIpc) is 3.28. The zero-order valence-electron chi connectivity index (χ0n) is 14.1. The number of carbonyl (C=O) groups is 1. The Morgan fingerprint density at radius 1 is 1.21 bits per heavy atom. The molecule has 1 atom stereocenters. The van der Waals surface area contributed by atoms with Crippen molar-refractivity contribution in [1.82, 2.24) is 10.2 Å². The van der Waals surface area contributed by atoms with Gasteiger partial charge in [-0.2, -0.15) is 0 Å². The molecular weight excluding hydrogens is 304 g/mol. The number of hydrogen-bond acceptors (Lipinski definition) is 4. The maximum Gasteiger partial charge on any atom is 0.231 e. The van der Waals surface area contributed by atoms with Crippen LogP contribution in [-0.4, -0.2) is 55.8 Å². The minimum atomic E-state index is -0.177. The van der Waals surface area contributed by atoms with Crippen molar-refractivity contribution in [3.63, 3.8) is 0 Å². The molecule has 1 saturated carbocycles. The van der Waals surface area contributed by atoms with Gasteiger partial charge in [-0.3, -0.25) is 9.69 Å². The van der Waals surface area contributed by atoms with E-state index >= 15 is 0 Å². The molecule has 5 heteroatoms. The number of nitrogens with zero attached hydrogens (tertiary/aromatic N) is 1. The fourth-order valence-corrected chi connectivity index (χ4v) is 4.43. The van der Waals surface area contributed by atoms with Gasteiger partial charge in [0.15, 0.2) is 0 Å². The Kier molecular flexibility index (Phi) is 4.46. The standard InChI is InChI=1S/C19H26N2O3/c22-18(16-13-24-17-6-2-1-5-15(16)17)20-14-19(7-3-4-8-19)21-9-11-23-12-10-21/h1-2,5-6,16H,3-4,7-14H2,(H,20,22)/t16-/m1/s1. The van der Waals surface area contributed by atoms with Gasteiger partial charge in [0.25, 0.3) is 0 Å². The van der Waals surface area contributed by atoms with Gasteiger partial charge >= 0.3 is 0 Å². The monoisotopic (exact) mass is 330 g/mol. The summed E-state index contributed by atoms with van der Waals surface area (Å²) >= 11 is 0. The molecule has 3 aliphatic rings. The topological polar surface area (TPSA) is 50.8 Å². The summed E-state index contributed by atoms with van der Waals surface area (Å²) < 4.78 is 11.2. The molecule has 1 N–H and O–H groups in total. The van der Waals surface area contributed by atoms with Crippen molar-refractivity contribution in [1.29, 1.82) is 0 Å². The number of carbonyl (C=O) groups excluding carboxylic acids is 1. The number of para-hydroxylation sites is 1. The lowest BCUT2D eigenvalue weighted by atomic mass is 9.93. The van der Waals surface area contributed by atoms with Gasteiger partial charge in [-0.05, 0) is 18.9 Å². The van der Waals surface area contributed by atoms with Crippen LogP contribution in [0, 0.1) is 0 Å². The lowest BCUT2D eigenvalue weighted by Gasteiger charge is -2.43. The van der Waals surface area contributed by atoms with E-state index in [9.17, 15) is 4.79 Å². The highest BCUT2D eigenvalue weighted by atomic mass is 16.5. The minimum absolute atomic E-state index is 0.0967. The van der Waals surface area contributed by atoms with Crippen molar-refractivity contribution in [3.8, 4) is 5.75 Å². The molecule has 0 aromatic heterocycles. The van der Waals surface area contributed by atoms with E-state index in [1.807, 2.05) is 24.3 Å². The first-order valence-corrected chi connectivity index (χ1v) is 9.11. The van der Waals surface area contributed by atoms with Crippen LogP contribution in [0.4, 0.5) is 0 Å². The van der Waals surface area contributed by atoms with E-state index in [2.05, 4.69) is 10.2 Å². The molecule has 0 bridgehead atoms. The highest BCUT2D eigenvalue weighted by molar-refractivity contribution is 5.85. The van der Waals surface area contributed by atoms with Gasteiger partial charge in [0.05, 0.1) is 13.2 Å². The molecule has 2 aliphatic heterocycles. The second-order valence-corrected chi connectivity index (χ2v) is 7.15. The van der Waals surface area contributed by atoms with E-state index in [1.165, 1.54) is 25.7 Å². The normalized spacial score (nSPS) is 25.9. The molecule has 2 heterocycles. The number of ether oxygens (including phenoxy) is 2. The Morgan fingerprint density at radius 3 is 2.75 bits per heavy atom. The van der Waals surface area contributed by atoms with Crippen LogP contribution in [0.1, 0.15) is 37.2 Å². The van der Waals surface area contributed by atoms with Crippen LogP contribution in [0.25, 0.3) is 0 Å². The molecule has 1 aromatic carbocycles. The SMILES string of the molecule is O=C(NCC1(N2CCOCC2)CCCC1)[C@@H]1COc2ccccc21. The molecule has 130 valence electrons. The Bertz CT molecular complexity index is 592. The van der Waals surface area contributed by atoms with E-state index in [0.29, 0.717) is 6.61 Å². The third kappa shape index (κ3) is 2.91. The van der Waals surface area contributed by atoms with E-state index < -0.39 is 0 Å². The number of nitrogens with one attached hydrogen (secondary N) is 1. The zero-order chi connectivity index (χ0) is 16.4. The van der Waals surface area contributed by atoms with Crippen molar-refractivity contribution in [2.75, 3.05) is 39.5 Å². The fourth-order valence-electron chi connectivity index (χ4n) is 4.43. The minimum Gasteiger partial charge on any atom is -0.492 e. The van der Waals surface area contributed by atoms with E-state index in [4.69, 9.17) is 9.47 Å². The maximum absolute atomic E-state index is 12.8. The zero-order valence-corrected chi connectivity index (χ0v) is 14.1. The van der Waals surface area contributed by atoms with E-state index in [0.717, 1.165) is 44.2 Å². The van der Waals surface area contributed by atoms with Crippen molar-refractivity contribution in [2.24, 2.45) is 0 Å². The summed E-state index contributed by atoms with van der Waals surface area (Å²) in [7, 11) is 0. The lowest BCUT2D eigenvalue weighted by molar-refractivity contribution is -0.123. The highest BCUT2D eigenvalue weighted by Crippen LogP contribution is 2.36.